The lowest BCUT2D eigenvalue weighted by molar-refractivity contribution is 0.0944. The molecule has 0 unspecified atom stereocenters. The monoisotopic (exact) mass is 385 g/mol. The Morgan fingerprint density at radius 2 is 1.96 bits per heavy atom. The topological polar surface area (TPSA) is 97.4 Å². The quantitative estimate of drug-likeness (QED) is 0.678. The van der Waals surface area contributed by atoms with E-state index in [4.69, 9.17) is 10.2 Å². The predicted molar refractivity (Wildman–Crippen MR) is 103 cm³/mol. The number of carbonyl (C=O) groups excluding carboxylic acids is 2. The van der Waals surface area contributed by atoms with Crippen LogP contribution in [0, 0.1) is 6.92 Å². The van der Waals surface area contributed by atoms with Crippen molar-refractivity contribution >= 4 is 40.6 Å². The first-order valence-electron chi connectivity index (χ1n) is 7.91. The number of halogens is 1. The minimum Gasteiger partial charge on any atom is -0.459 e. The maximum Gasteiger partial charge on any atom is 0.291 e. The zero-order valence-electron chi connectivity index (χ0n) is 14.5. The van der Waals surface area contributed by atoms with E-state index >= 15 is 0 Å². The summed E-state index contributed by atoms with van der Waals surface area (Å²) in [6.07, 6.45) is 3.02. The van der Waals surface area contributed by atoms with Crippen LogP contribution in [-0.4, -0.2) is 23.9 Å². The van der Waals surface area contributed by atoms with E-state index in [0.29, 0.717) is 16.4 Å². The van der Waals surface area contributed by atoms with Crippen molar-refractivity contribution < 1.29 is 14.0 Å². The lowest BCUT2D eigenvalue weighted by Gasteiger charge is -2.26. The van der Waals surface area contributed by atoms with E-state index in [9.17, 15) is 9.59 Å². The van der Waals surface area contributed by atoms with Gasteiger partial charge in [-0.15, -0.1) is 23.7 Å². The van der Waals surface area contributed by atoms with Crippen LogP contribution in [0.3, 0.4) is 0 Å². The molecule has 0 saturated heterocycles. The Balaban J connectivity index is 0.00000312. The summed E-state index contributed by atoms with van der Waals surface area (Å²) in [4.78, 5) is 24.9. The van der Waals surface area contributed by atoms with Gasteiger partial charge in [0, 0.05) is 12.1 Å². The predicted octanol–water partition coefficient (Wildman–Crippen LogP) is 3.57. The summed E-state index contributed by atoms with van der Waals surface area (Å²) in [5.41, 5.74) is 6.62. The molecule has 2 aromatic rings. The molecule has 0 aliphatic heterocycles. The highest BCUT2D eigenvalue weighted by Crippen LogP contribution is 2.27. The number of hydrogen-bond donors (Lipinski definition) is 3. The zero-order chi connectivity index (χ0) is 17.7. The molecule has 0 fully saturated rings. The van der Waals surface area contributed by atoms with Gasteiger partial charge in [0.15, 0.2) is 5.76 Å². The molecule has 0 atom stereocenters. The number of anilines is 1. The van der Waals surface area contributed by atoms with Gasteiger partial charge >= 0.3 is 0 Å². The van der Waals surface area contributed by atoms with Gasteiger partial charge in [0.2, 0.25) is 0 Å². The third-order valence-electron chi connectivity index (χ3n) is 4.11. The molecule has 8 heteroatoms. The largest absolute Gasteiger partial charge is 0.459 e. The molecular weight excluding hydrogens is 362 g/mol. The van der Waals surface area contributed by atoms with E-state index in [-0.39, 0.29) is 30.0 Å². The van der Waals surface area contributed by atoms with Crippen LogP contribution in [0.4, 0.5) is 5.00 Å². The molecule has 0 saturated carbocycles. The van der Waals surface area contributed by atoms with Gasteiger partial charge in [0.05, 0.1) is 16.1 Å². The molecule has 0 spiro atoms. The van der Waals surface area contributed by atoms with Crippen molar-refractivity contribution in [2.75, 3.05) is 11.9 Å². The standard InChI is InChI=1S/C17H23N3O3S.ClH/c1-4-17(18,5-2)10-19-16(22)14-11(3)9-13(24-14)20-15(21)12-7-6-8-23-12;/h6-9H,4-5,10,18H2,1-3H3,(H,19,22)(H,20,21);1H. The van der Waals surface area contributed by atoms with Gasteiger partial charge in [0.25, 0.3) is 11.8 Å². The highest BCUT2D eigenvalue weighted by atomic mass is 35.5. The smallest absolute Gasteiger partial charge is 0.291 e. The van der Waals surface area contributed by atoms with E-state index in [1.165, 1.54) is 17.6 Å². The third-order valence-corrected chi connectivity index (χ3v) is 5.27. The molecule has 0 radical (unpaired) electrons. The first kappa shape index (κ1) is 21.2. The van der Waals surface area contributed by atoms with Gasteiger partial charge in [0.1, 0.15) is 0 Å². The molecule has 25 heavy (non-hydrogen) atoms. The van der Waals surface area contributed by atoms with Gasteiger partial charge in [-0.3, -0.25) is 9.59 Å². The van der Waals surface area contributed by atoms with Crippen LogP contribution >= 0.6 is 23.7 Å². The second-order valence-electron chi connectivity index (χ2n) is 5.81. The van der Waals surface area contributed by atoms with E-state index in [1.807, 2.05) is 20.8 Å². The number of amides is 2. The van der Waals surface area contributed by atoms with Gasteiger partial charge < -0.3 is 20.8 Å². The molecule has 0 aliphatic rings. The van der Waals surface area contributed by atoms with E-state index in [1.54, 1.807) is 18.2 Å². The summed E-state index contributed by atoms with van der Waals surface area (Å²) in [6.45, 7) is 6.27. The van der Waals surface area contributed by atoms with Crippen molar-refractivity contribution in [3.05, 3.63) is 40.7 Å². The fraction of sp³-hybridized carbons (Fsp3) is 0.412. The van der Waals surface area contributed by atoms with Gasteiger partial charge in [-0.05, 0) is 43.5 Å². The number of furan rings is 1. The first-order chi connectivity index (χ1) is 11.4. The number of aryl methyl sites for hydroxylation is 1. The van der Waals surface area contributed by atoms with Crippen LogP contribution < -0.4 is 16.4 Å². The zero-order valence-corrected chi connectivity index (χ0v) is 16.2. The van der Waals surface area contributed by atoms with Crippen LogP contribution in [0.15, 0.2) is 28.9 Å². The van der Waals surface area contributed by atoms with E-state index in [0.717, 1.165) is 18.4 Å². The van der Waals surface area contributed by atoms with Gasteiger partial charge in [-0.1, -0.05) is 13.8 Å². The Morgan fingerprint density at radius 1 is 1.28 bits per heavy atom. The number of hydrogen-bond acceptors (Lipinski definition) is 5. The Bertz CT molecular complexity index is 709. The van der Waals surface area contributed by atoms with Crippen LogP contribution in [0.25, 0.3) is 0 Å². The molecule has 6 nitrogen and oxygen atoms in total. The molecule has 0 aromatic carbocycles. The summed E-state index contributed by atoms with van der Waals surface area (Å²) in [6, 6.07) is 5.00. The minimum absolute atomic E-state index is 0. The fourth-order valence-corrected chi connectivity index (χ4v) is 3.17. The van der Waals surface area contributed by atoms with Crippen molar-refractivity contribution in [2.24, 2.45) is 5.73 Å². The lowest BCUT2D eigenvalue weighted by atomic mass is 9.94. The number of carbonyl (C=O) groups is 2. The number of nitrogens with two attached hydrogens (primary N) is 1. The van der Waals surface area contributed by atoms with Crippen molar-refractivity contribution in [3.63, 3.8) is 0 Å². The van der Waals surface area contributed by atoms with Crippen LogP contribution in [0.5, 0.6) is 0 Å². The molecule has 2 amide bonds. The minimum atomic E-state index is -0.392. The summed E-state index contributed by atoms with van der Waals surface area (Å²) < 4.78 is 5.05. The summed E-state index contributed by atoms with van der Waals surface area (Å²) in [5.74, 6) is -0.287. The van der Waals surface area contributed by atoms with Gasteiger partial charge in [-0.25, -0.2) is 0 Å². The molecule has 4 N–H and O–H groups in total. The molecule has 0 bridgehead atoms. The van der Waals surface area contributed by atoms with E-state index < -0.39 is 5.54 Å². The third kappa shape index (κ3) is 5.32. The van der Waals surface area contributed by atoms with Crippen molar-refractivity contribution in [1.29, 1.82) is 0 Å². The average Bonchev–Trinajstić information content (AvgIpc) is 3.22. The maximum absolute atomic E-state index is 12.4. The second-order valence-corrected chi connectivity index (χ2v) is 6.86. The van der Waals surface area contributed by atoms with Crippen molar-refractivity contribution in [3.8, 4) is 0 Å². The average molecular weight is 386 g/mol. The Morgan fingerprint density at radius 3 is 2.52 bits per heavy atom. The lowest BCUT2D eigenvalue weighted by Crippen LogP contribution is -2.49. The van der Waals surface area contributed by atoms with Crippen LogP contribution in [0.1, 0.15) is 52.5 Å². The van der Waals surface area contributed by atoms with E-state index in [2.05, 4.69) is 10.6 Å². The molecular formula is C17H24ClN3O3S. The normalized spacial score (nSPS) is 10.9. The Kier molecular flexibility index (Phi) is 7.66. The van der Waals surface area contributed by atoms with Crippen molar-refractivity contribution in [1.82, 2.24) is 5.32 Å². The second kappa shape index (κ2) is 9.03. The Labute approximate surface area is 157 Å². The molecule has 138 valence electrons. The summed E-state index contributed by atoms with van der Waals surface area (Å²) in [7, 11) is 0. The molecule has 0 aliphatic carbocycles. The molecule has 2 rings (SSSR count). The Hall–Kier alpha value is -1.83. The number of rotatable bonds is 7. The highest BCUT2D eigenvalue weighted by Gasteiger charge is 2.23. The van der Waals surface area contributed by atoms with Crippen LogP contribution in [-0.2, 0) is 0 Å². The number of nitrogens with one attached hydrogen (secondary N) is 2. The number of thiophene rings is 1. The first-order valence-corrected chi connectivity index (χ1v) is 8.72. The van der Waals surface area contributed by atoms with Crippen molar-refractivity contribution in [2.45, 2.75) is 39.2 Å². The molecule has 2 heterocycles. The van der Waals surface area contributed by atoms with Gasteiger partial charge in [-0.2, -0.15) is 0 Å². The summed E-state index contributed by atoms with van der Waals surface area (Å²) >= 11 is 1.23. The molecule has 2 aromatic heterocycles. The fourth-order valence-electron chi connectivity index (χ4n) is 2.19. The highest BCUT2D eigenvalue weighted by molar-refractivity contribution is 7.18. The SMILES string of the molecule is CCC(N)(CC)CNC(=O)c1sc(NC(=O)c2ccco2)cc1C.Cl. The maximum atomic E-state index is 12.4. The van der Waals surface area contributed by atoms with Crippen LogP contribution in [0.2, 0.25) is 0 Å². The summed E-state index contributed by atoms with van der Waals surface area (Å²) in [5, 5.41) is 6.23.